The molecule has 0 amide bonds. The van der Waals surface area contributed by atoms with E-state index < -0.39 is 0 Å². The second-order valence-electron chi connectivity index (χ2n) is 3.67. The summed E-state index contributed by atoms with van der Waals surface area (Å²) in [5, 5.41) is 4.23. The molecular formula is C12H13BrN2O. The first-order valence-corrected chi connectivity index (χ1v) is 5.80. The van der Waals surface area contributed by atoms with Gasteiger partial charge in [0.1, 0.15) is 5.75 Å². The van der Waals surface area contributed by atoms with Gasteiger partial charge in [-0.05, 0) is 28.9 Å². The highest BCUT2D eigenvalue weighted by Gasteiger charge is 2.04. The maximum absolute atomic E-state index is 5.33. The Hall–Kier alpha value is -1.29. The Morgan fingerprint density at radius 2 is 2.25 bits per heavy atom. The zero-order valence-electron chi connectivity index (χ0n) is 9.27. The molecule has 2 aromatic rings. The number of aromatic nitrogens is 2. The smallest absolute Gasteiger partial charge is 0.123 e. The highest BCUT2D eigenvalue weighted by molar-refractivity contribution is 9.10. The van der Waals surface area contributed by atoms with Gasteiger partial charge in [-0.1, -0.05) is 17.7 Å². The van der Waals surface area contributed by atoms with Crippen molar-refractivity contribution in [2.75, 3.05) is 7.11 Å². The molecule has 0 unspecified atom stereocenters. The Morgan fingerprint density at radius 1 is 1.44 bits per heavy atom. The summed E-state index contributed by atoms with van der Waals surface area (Å²) >= 11 is 3.38. The van der Waals surface area contributed by atoms with Crippen LogP contribution in [0.1, 0.15) is 11.1 Å². The number of methoxy groups -OCH3 is 1. The van der Waals surface area contributed by atoms with E-state index in [1.807, 2.05) is 23.0 Å². The van der Waals surface area contributed by atoms with Crippen LogP contribution in [-0.4, -0.2) is 16.9 Å². The summed E-state index contributed by atoms with van der Waals surface area (Å²) in [6, 6.07) is 6.15. The molecule has 2 rings (SSSR count). The number of rotatable bonds is 3. The van der Waals surface area contributed by atoms with E-state index in [2.05, 4.69) is 34.0 Å². The van der Waals surface area contributed by atoms with Crippen molar-refractivity contribution in [1.29, 1.82) is 0 Å². The third-order valence-electron chi connectivity index (χ3n) is 2.37. The molecule has 3 nitrogen and oxygen atoms in total. The lowest BCUT2D eigenvalue weighted by atomic mass is 10.1. The SMILES string of the molecule is COc1ccc(C)cc1Cn1cc(Br)cn1. The first-order valence-electron chi connectivity index (χ1n) is 5.00. The van der Waals surface area contributed by atoms with Gasteiger partial charge in [0.05, 0.1) is 24.3 Å². The molecule has 0 aliphatic carbocycles. The van der Waals surface area contributed by atoms with Crippen molar-refractivity contribution >= 4 is 15.9 Å². The Balaban J connectivity index is 2.29. The van der Waals surface area contributed by atoms with E-state index in [9.17, 15) is 0 Å². The van der Waals surface area contributed by atoms with E-state index >= 15 is 0 Å². The first-order chi connectivity index (χ1) is 7.69. The van der Waals surface area contributed by atoms with Crippen LogP contribution in [0.4, 0.5) is 0 Å². The molecule has 0 atom stereocenters. The third-order valence-corrected chi connectivity index (χ3v) is 2.78. The Bertz CT molecular complexity index is 494. The number of halogens is 1. The van der Waals surface area contributed by atoms with Crippen LogP contribution in [0.3, 0.4) is 0 Å². The first kappa shape index (κ1) is 11.2. The van der Waals surface area contributed by atoms with Crippen molar-refractivity contribution in [1.82, 2.24) is 9.78 Å². The second-order valence-corrected chi connectivity index (χ2v) is 4.59. The molecule has 4 heteroatoms. The molecule has 1 aromatic heterocycles. The van der Waals surface area contributed by atoms with Crippen molar-refractivity contribution < 1.29 is 4.74 Å². The molecule has 1 heterocycles. The van der Waals surface area contributed by atoms with Gasteiger partial charge in [0.15, 0.2) is 0 Å². The largest absolute Gasteiger partial charge is 0.496 e. The van der Waals surface area contributed by atoms with Gasteiger partial charge in [-0.15, -0.1) is 0 Å². The quantitative estimate of drug-likeness (QED) is 0.864. The minimum Gasteiger partial charge on any atom is -0.496 e. The average molecular weight is 281 g/mol. The lowest BCUT2D eigenvalue weighted by Crippen LogP contribution is -2.02. The highest BCUT2D eigenvalue weighted by atomic mass is 79.9. The Labute approximate surface area is 103 Å². The summed E-state index contributed by atoms with van der Waals surface area (Å²) in [6.45, 7) is 2.79. The summed E-state index contributed by atoms with van der Waals surface area (Å²) in [5.74, 6) is 0.900. The zero-order chi connectivity index (χ0) is 11.5. The maximum Gasteiger partial charge on any atom is 0.123 e. The normalized spacial score (nSPS) is 10.4. The van der Waals surface area contributed by atoms with E-state index in [0.29, 0.717) is 0 Å². The van der Waals surface area contributed by atoms with Crippen LogP contribution in [0.25, 0.3) is 0 Å². The molecule has 0 saturated carbocycles. The highest BCUT2D eigenvalue weighted by Crippen LogP contribution is 2.21. The summed E-state index contributed by atoms with van der Waals surface area (Å²) < 4.78 is 8.19. The molecule has 0 spiro atoms. The number of aryl methyl sites for hydroxylation is 1. The van der Waals surface area contributed by atoms with Crippen LogP contribution in [0.2, 0.25) is 0 Å². The molecule has 84 valence electrons. The third kappa shape index (κ3) is 2.44. The predicted octanol–water partition coefficient (Wildman–Crippen LogP) is 3.01. The van der Waals surface area contributed by atoms with Gasteiger partial charge >= 0.3 is 0 Å². The van der Waals surface area contributed by atoms with Crippen LogP contribution < -0.4 is 4.74 Å². The molecular weight excluding hydrogens is 268 g/mol. The van der Waals surface area contributed by atoms with Crippen LogP contribution in [0.5, 0.6) is 5.75 Å². The molecule has 0 radical (unpaired) electrons. The molecule has 0 bridgehead atoms. The summed E-state index contributed by atoms with van der Waals surface area (Å²) in [4.78, 5) is 0. The minimum atomic E-state index is 0.719. The fourth-order valence-electron chi connectivity index (χ4n) is 1.63. The van der Waals surface area contributed by atoms with Gasteiger partial charge in [-0.3, -0.25) is 4.68 Å². The van der Waals surface area contributed by atoms with E-state index in [1.165, 1.54) is 5.56 Å². The van der Waals surface area contributed by atoms with Crippen molar-refractivity contribution in [3.63, 3.8) is 0 Å². The van der Waals surface area contributed by atoms with Gasteiger partial charge in [-0.2, -0.15) is 5.10 Å². The fraction of sp³-hybridized carbons (Fsp3) is 0.250. The maximum atomic E-state index is 5.33. The van der Waals surface area contributed by atoms with E-state index in [1.54, 1.807) is 13.3 Å². The average Bonchev–Trinajstić information content (AvgIpc) is 2.64. The predicted molar refractivity (Wildman–Crippen MR) is 66.8 cm³/mol. The number of hydrogen-bond acceptors (Lipinski definition) is 2. The van der Waals surface area contributed by atoms with E-state index in [-0.39, 0.29) is 0 Å². The lowest BCUT2D eigenvalue weighted by molar-refractivity contribution is 0.407. The van der Waals surface area contributed by atoms with Crippen molar-refractivity contribution in [2.45, 2.75) is 13.5 Å². The minimum absolute atomic E-state index is 0.719. The zero-order valence-corrected chi connectivity index (χ0v) is 10.9. The van der Waals surface area contributed by atoms with Gasteiger partial charge in [0, 0.05) is 11.8 Å². The number of nitrogens with zero attached hydrogens (tertiary/aromatic N) is 2. The molecule has 1 aromatic carbocycles. The van der Waals surface area contributed by atoms with Crippen LogP contribution in [0, 0.1) is 6.92 Å². The van der Waals surface area contributed by atoms with Gasteiger partial charge in [-0.25, -0.2) is 0 Å². The Morgan fingerprint density at radius 3 is 2.88 bits per heavy atom. The van der Waals surface area contributed by atoms with Crippen LogP contribution >= 0.6 is 15.9 Å². The summed E-state index contributed by atoms with van der Waals surface area (Å²) in [5.41, 5.74) is 2.36. The lowest BCUT2D eigenvalue weighted by Gasteiger charge is -2.09. The van der Waals surface area contributed by atoms with Crippen LogP contribution in [0.15, 0.2) is 35.1 Å². The molecule has 0 N–H and O–H groups in total. The van der Waals surface area contributed by atoms with Crippen molar-refractivity contribution in [2.24, 2.45) is 0 Å². The van der Waals surface area contributed by atoms with Gasteiger partial charge < -0.3 is 4.74 Å². The number of hydrogen-bond donors (Lipinski definition) is 0. The van der Waals surface area contributed by atoms with Crippen molar-refractivity contribution in [3.05, 3.63) is 46.2 Å². The molecule has 16 heavy (non-hydrogen) atoms. The van der Waals surface area contributed by atoms with Gasteiger partial charge in [0.2, 0.25) is 0 Å². The molecule has 0 aliphatic heterocycles. The van der Waals surface area contributed by atoms with Crippen molar-refractivity contribution in [3.8, 4) is 5.75 Å². The van der Waals surface area contributed by atoms with E-state index in [0.717, 1.165) is 22.3 Å². The van der Waals surface area contributed by atoms with Gasteiger partial charge in [0.25, 0.3) is 0 Å². The fourth-order valence-corrected chi connectivity index (χ4v) is 1.96. The Kier molecular flexibility index (Phi) is 3.29. The van der Waals surface area contributed by atoms with E-state index in [4.69, 9.17) is 4.74 Å². The second kappa shape index (κ2) is 4.70. The number of ether oxygens (including phenoxy) is 1. The van der Waals surface area contributed by atoms with Crippen LogP contribution in [-0.2, 0) is 6.54 Å². The standard InChI is InChI=1S/C12H13BrN2O/c1-9-3-4-12(16-2)10(5-9)7-15-8-11(13)6-14-15/h3-6,8H,7H2,1-2H3. The summed E-state index contributed by atoms with van der Waals surface area (Å²) in [6.07, 6.45) is 3.73. The molecule has 0 aliphatic rings. The monoisotopic (exact) mass is 280 g/mol. The topological polar surface area (TPSA) is 27.1 Å². The molecule has 0 fully saturated rings. The summed E-state index contributed by atoms with van der Waals surface area (Å²) in [7, 11) is 1.69. The molecule has 0 saturated heterocycles. The number of benzene rings is 1.